The predicted octanol–water partition coefficient (Wildman–Crippen LogP) is 2.55. The average Bonchev–Trinajstić information content (AvgIpc) is 3.41. The molecule has 0 bridgehead atoms. The maximum absolute atomic E-state index is 12.6. The number of nitrogens with zero attached hydrogens (tertiary/aromatic N) is 2. The van der Waals surface area contributed by atoms with Crippen molar-refractivity contribution in [2.75, 3.05) is 17.6 Å². The van der Waals surface area contributed by atoms with Gasteiger partial charge in [-0.25, -0.2) is 13.1 Å². The van der Waals surface area contributed by atoms with Gasteiger partial charge in [-0.3, -0.25) is 9.59 Å². The predicted molar refractivity (Wildman–Crippen MR) is 122 cm³/mol. The minimum Gasteiger partial charge on any atom is -0.355 e. The van der Waals surface area contributed by atoms with E-state index in [0.29, 0.717) is 23.6 Å². The lowest BCUT2D eigenvalue weighted by Gasteiger charge is -2.09. The van der Waals surface area contributed by atoms with Gasteiger partial charge in [-0.1, -0.05) is 43.3 Å². The molecule has 1 fully saturated rings. The maximum atomic E-state index is 12.6. The number of nitrogens with one attached hydrogen (secondary N) is 2. The first kappa shape index (κ1) is 21.8. The van der Waals surface area contributed by atoms with E-state index >= 15 is 0 Å². The number of aromatic nitrogens is 2. The van der Waals surface area contributed by atoms with Gasteiger partial charge in [0.1, 0.15) is 0 Å². The van der Waals surface area contributed by atoms with Crippen LogP contribution in [0, 0.1) is 5.92 Å². The molecule has 1 aliphatic heterocycles. The highest BCUT2D eigenvalue weighted by Crippen LogP contribution is 2.28. The monoisotopic (exact) mass is 452 g/mol. The highest BCUT2D eigenvalue weighted by atomic mass is 32.2. The third-order valence-corrected chi connectivity index (χ3v) is 7.01. The normalized spacial score (nSPS) is 16.0. The van der Waals surface area contributed by atoms with Crippen molar-refractivity contribution in [3.05, 3.63) is 66.2 Å². The van der Waals surface area contributed by atoms with Crippen molar-refractivity contribution in [1.29, 1.82) is 0 Å². The summed E-state index contributed by atoms with van der Waals surface area (Å²) < 4.78 is 25.9. The molecular weight excluding hydrogens is 428 g/mol. The van der Waals surface area contributed by atoms with Crippen LogP contribution in [0.5, 0.6) is 0 Å². The Bertz CT molecular complexity index is 1250. The average molecular weight is 453 g/mol. The Morgan fingerprint density at radius 3 is 2.62 bits per heavy atom. The van der Waals surface area contributed by atoms with Gasteiger partial charge < -0.3 is 10.6 Å². The van der Waals surface area contributed by atoms with Gasteiger partial charge in [0.2, 0.25) is 11.8 Å². The largest absolute Gasteiger partial charge is 0.355 e. The van der Waals surface area contributed by atoms with E-state index in [0.717, 1.165) is 11.3 Å². The van der Waals surface area contributed by atoms with Crippen molar-refractivity contribution >= 4 is 27.5 Å². The van der Waals surface area contributed by atoms with Crippen LogP contribution in [0.25, 0.3) is 16.9 Å². The van der Waals surface area contributed by atoms with Gasteiger partial charge in [0, 0.05) is 30.3 Å². The van der Waals surface area contributed by atoms with Crippen LogP contribution in [-0.4, -0.2) is 42.3 Å². The van der Waals surface area contributed by atoms with Crippen molar-refractivity contribution in [2.24, 2.45) is 5.92 Å². The minimum atomic E-state index is -3.17. The van der Waals surface area contributed by atoms with Crippen LogP contribution in [0.3, 0.4) is 0 Å². The number of sulfone groups is 1. The lowest BCUT2D eigenvalue weighted by atomic mass is 10.1. The fourth-order valence-corrected chi connectivity index (χ4v) is 4.50. The van der Waals surface area contributed by atoms with Gasteiger partial charge >= 0.3 is 0 Å². The van der Waals surface area contributed by atoms with Gasteiger partial charge in [-0.2, -0.15) is 0 Å². The van der Waals surface area contributed by atoms with E-state index in [9.17, 15) is 18.0 Å². The zero-order chi connectivity index (χ0) is 22.7. The first-order valence-corrected chi connectivity index (χ1v) is 12.2. The Hall–Kier alpha value is -3.46. The molecule has 2 N–H and O–H groups in total. The SMILES string of the molecule is CCS(=O)(=O)Cc1cccc(-c2cc(NC(=O)[C@@H]3CNC(=O)C3)nn2-c2ccccc2)c1. The lowest BCUT2D eigenvalue weighted by molar-refractivity contribution is -0.123. The molecule has 0 saturated carbocycles. The Balaban J connectivity index is 1.69. The fraction of sp³-hybridized carbons (Fsp3) is 0.261. The molecule has 8 nitrogen and oxygen atoms in total. The van der Waals surface area contributed by atoms with Gasteiger partial charge in [-0.15, -0.1) is 5.10 Å². The first-order valence-electron chi connectivity index (χ1n) is 10.4. The zero-order valence-corrected chi connectivity index (χ0v) is 18.4. The van der Waals surface area contributed by atoms with Gasteiger partial charge in [-0.05, 0) is 23.8 Å². The van der Waals surface area contributed by atoms with Crippen molar-refractivity contribution in [1.82, 2.24) is 15.1 Å². The number of carbonyl (C=O) groups excluding carboxylic acids is 2. The van der Waals surface area contributed by atoms with Crippen molar-refractivity contribution in [2.45, 2.75) is 19.1 Å². The number of rotatable bonds is 7. The molecule has 2 heterocycles. The number of anilines is 1. The summed E-state index contributed by atoms with van der Waals surface area (Å²) in [6.07, 6.45) is 0.159. The molecule has 0 aliphatic carbocycles. The Morgan fingerprint density at radius 1 is 1.16 bits per heavy atom. The summed E-state index contributed by atoms with van der Waals surface area (Å²) >= 11 is 0. The quantitative estimate of drug-likeness (QED) is 0.572. The summed E-state index contributed by atoms with van der Waals surface area (Å²) in [6.45, 7) is 1.94. The van der Waals surface area contributed by atoms with Crippen molar-refractivity contribution in [3.63, 3.8) is 0 Å². The first-order chi connectivity index (χ1) is 15.3. The molecular formula is C23H24N4O4S. The molecule has 0 spiro atoms. The molecule has 2 aromatic carbocycles. The van der Waals surface area contributed by atoms with Crippen LogP contribution in [-0.2, 0) is 25.2 Å². The van der Waals surface area contributed by atoms with Crippen LogP contribution < -0.4 is 10.6 Å². The van der Waals surface area contributed by atoms with Crippen LogP contribution in [0.1, 0.15) is 18.9 Å². The summed E-state index contributed by atoms with van der Waals surface area (Å²) in [7, 11) is -3.17. The smallest absolute Gasteiger partial charge is 0.230 e. The van der Waals surface area contributed by atoms with Gasteiger partial charge in [0.05, 0.1) is 23.1 Å². The van der Waals surface area contributed by atoms with E-state index in [1.165, 1.54) is 0 Å². The Labute approximate surface area is 186 Å². The second-order valence-corrected chi connectivity index (χ2v) is 10.1. The summed E-state index contributed by atoms with van der Waals surface area (Å²) in [5, 5.41) is 10.0. The molecule has 166 valence electrons. The number of para-hydroxylation sites is 1. The van der Waals surface area contributed by atoms with Crippen LogP contribution >= 0.6 is 0 Å². The highest BCUT2D eigenvalue weighted by molar-refractivity contribution is 7.90. The summed E-state index contributed by atoms with van der Waals surface area (Å²) in [5.41, 5.74) is 2.98. The second-order valence-electron chi connectivity index (χ2n) is 7.73. The van der Waals surface area contributed by atoms with Crippen molar-refractivity contribution in [3.8, 4) is 16.9 Å². The third-order valence-electron chi connectivity index (χ3n) is 5.36. The number of carbonyl (C=O) groups is 2. The number of benzene rings is 2. The topological polar surface area (TPSA) is 110 Å². The number of hydrogen-bond donors (Lipinski definition) is 2. The molecule has 2 amide bonds. The van der Waals surface area contributed by atoms with E-state index in [4.69, 9.17) is 0 Å². The summed E-state index contributed by atoms with van der Waals surface area (Å²) in [4.78, 5) is 24.0. The summed E-state index contributed by atoms with van der Waals surface area (Å²) in [6, 6.07) is 18.5. The van der Waals surface area contributed by atoms with E-state index < -0.39 is 15.8 Å². The van der Waals surface area contributed by atoms with E-state index in [2.05, 4.69) is 15.7 Å². The molecule has 1 aliphatic rings. The summed E-state index contributed by atoms with van der Waals surface area (Å²) in [5.74, 6) is -0.443. The van der Waals surface area contributed by atoms with E-state index in [1.807, 2.05) is 48.5 Å². The highest BCUT2D eigenvalue weighted by Gasteiger charge is 2.28. The van der Waals surface area contributed by atoms with Crippen molar-refractivity contribution < 1.29 is 18.0 Å². The van der Waals surface area contributed by atoms with Gasteiger partial charge in [0.25, 0.3) is 0 Å². The second kappa shape index (κ2) is 8.96. The third kappa shape index (κ3) is 4.88. The fourth-order valence-electron chi connectivity index (χ4n) is 3.61. The van der Waals surface area contributed by atoms with Crippen LogP contribution in [0.4, 0.5) is 5.82 Å². The molecule has 0 radical (unpaired) electrons. The lowest BCUT2D eigenvalue weighted by Crippen LogP contribution is -2.24. The molecule has 1 saturated heterocycles. The zero-order valence-electron chi connectivity index (χ0n) is 17.6. The van der Waals surface area contributed by atoms with Gasteiger partial charge in [0.15, 0.2) is 15.7 Å². The molecule has 3 aromatic rings. The number of hydrogen-bond acceptors (Lipinski definition) is 5. The molecule has 0 unspecified atom stereocenters. The maximum Gasteiger partial charge on any atom is 0.230 e. The minimum absolute atomic E-state index is 0.0386. The number of amides is 2. The molecule has 1 aromatic heterocycles. The molecule has 1 atom stereocenters. The van der Waals surface area contributed by atoms with Crippen LogP contribution in [0.2, 0.25) is 0 Å². The standard InChI is InChI=1S/C23H24N4O4S/c1-2-32(30,31)15-16-7-6-8-17(11-16)20-13-21(25-23(29)18-12-22(28)24-14-18)26-27(20)19-9-4-3-5-10-19/h3-11,13,18H,2,12,14-15H2,1H3,(H,24,28)(H,25,26,29)/t18-/m0/s1. The van der Waals surface area contributed by atoms with Crippen LogP contribution in [0.15, 0.2) is 60.7 Å². The molecule has 4 rings (SSSR count). The Morgan fingerprint density at radius 2 is 1.94 bits per heavy atom. The molecule has 9 heteroatoms. The van der Waals surface area contributed by atoms with E-state index in [-0.39, 0.29) is 29.7 Å². The Kier molecular flexibility index (Phi) is 6.09. The molecule has 32 heavy (non-hydrogen) atoms. The van der Waals surface area contributed by atoms with E-state index in [1.54, 1.807) is 23.7 Å².